The first-order valence-electron chi connectivity index (χ1n) is 17.1. The lowest BCUT2D eigenvalue weighted by Gasteiger charge is -2.43. The van der Waals surface area contributed by atoms with Gasteiger partial charge in [0.05, 0.1) is 6.10 Å². The Labute approximate surface area is 260 Å². The second-order valence-electron chi connectivity index (χ2n) is 13.0. The van der Waals surface area contributed by atoms with E-state index >= 15 is 0 Å². The molecule has 0 radical (unpaired) electrons. The number of allylic oxidation sites excluding steroid dienone is 4. The monoisotopic (exact) mass is 590 g/mol. The van der Waals surface area contributed by atoms with E-state index in [9.17, 15) is 5.11 Å². The molecule has 0 aliphatic rings. The summed E-state index contributed by atoms with van der Waals surface area (Å²) in [6, 6.07) is 21.5. The zero-order chi connectivity index (χ0) is 30.4. The highest BCUT2D eigenvalue weighted by atomic mass is 28.4. The normalized spacial score (nSPS) is 13.4. The maximum atomic E-state index is 10.7. The molecule has 2 nitrogen and oxygen atoms in total. The van der Waals surface area contributed by atoms with Crippen molar-refractivity contribution in [3.8, 4) is 0 Å². The van der Waals surface area contributed by atoms with E-state index in [-0.39, 0.29) is 11.1 Å². The van der Waals surface area contributed by atoms with E-state index in [4.69, 9.17) is 4.43 Å². The standard InChI is InChI=1S/C39H62O2Si/c1-5-6-7-8-9-10-11-12-13-14-15-16-17-18-19-20-21-24-29-36(40)34-35-41-42(39(2,3)4,37-30-25-22-26-31-37)38-32-27-23-28-33-38/h16-17,20-23,25-28,30-33,36,40H,5-15,18-19,24,29,34-35H2,1-4H3/b17-16+,21-20+/t36-/m1/s1. The fourth-order valence-corrected chi connectivity index (χ4v) is 10.5. The van der Waals surface area contributed by atoms with Gasteiger partial charge in [0.2, 0.25) is 0 Å². The van der Waals surface area contributed by atoms with Crippen LogP contribution in [-0.2, 0) is 4.43 Å². The number of aliphatic hydroxyl groups is 1. The molecule has 0 amide bonds. The van der Waals surface area contributed by atoms with E-state index in [0.717, 1.165) is 25.7 Å². The Kier molecular flexibility index (Phi) is 18.7. The first-order chi connectivity index (χ1) is 20.4. The second kappa shape index (κ2) is 21.7. The second-order valence-corrected chi connectivity index (χ2v) is 17.3. The third kappa shape index (κ3) is 13.6. The van der Waals surface area contributed by atoms with Crippen molar-refractivity contribution in [1.82, 2.24) is 0 Å². The molecule has 0 aliphatic carbocycles. The van der Waals surface area contributed by atoms with Crippen molar-refractivity contribution >= 4 is 18.7 Å². The number of hydrogen-bond acceptors (Lipinski definition) is 2. The topological polar surface area (TPSA) is 29.5 Å². The summed E-state index contributed by atoms with van der Waals surface area (Å²) in [6.45, 7) is 9.76. The average molecular weight is 591 g/mol. The SMILES string of the molecule is CCCCCCCCCCCC/C=C/CC/C=C/CC[C@@H](O)CCO[Si](c1ccccc1)(c1ccccc1)C(C)(C)C. The van der Waals surface area contributed by atoms with Gasteiger partial charge in [0, 0.05) is 6.61 Å². The Bertz CT molecular complexity index is 921. The number of aliphatic hydroxyl groups excluding tert-OH is 1. The van der Waals surface area contributed by atoms with E-state index in [1.165, 1.54) is 81.0 Å². The fourth-order valence-electron chi connectivity index (χ4n) is 5.96. The molecule has 0 heterocycles. The van der Waals surface area contributed by atoms with Crippen LogP contribution in [0.5, 0.6) is 0 Å². The van der Waals surface area contributed by atoms with Crippen LogP contribution in [0.4, 0.5) is 0 Å². The van der Waals surface area contributed by atoms with E-state index < -0.39 is 8.32 Å². The molecular formula is C39H62O2Si. The van der Waals surface area contributed by atoms with Crippen molar-refractivity contribution in [2.24, 2.45) is 0 Å². The lowest BCUT2D eigenvalue weighted by molar-refractivity contribution is 0.129. The highest BCUT2D eigenvalue weighted by Crippen LogP contribution is 2.36. The van der Waals surface area contributed by atoms with Crippen molar-refractivity contribution in [3.63, 3.8) is 0 Å². The molecular weight excluding hydrogens is 529 g/mol. The Morgan fingerprint density at radius 3 is 1.57 bits per heavy atom. The van der Waals surface area contributed by atoms with Crippen molar-refractivity contribution in [2.75, 3.05) is 6.61 Å². The van der Waals surface area contributed by atoms with Gasteiger partial charge in [-0.15, -0.1) is 0 Å². The minimum atomic E-state index is -2.53. The van der Waals surface area contributed by atoms with Gasteiger partial charge >= 0.3 is 0 Å². The summed E-state index contributed by atoms with van der Waals surface area (Å²) in [5.41, 5.74) is 0. The predicted octanol–water partition coefficient (Wildman–Crippen LogP) is 10.3. The molecule has 0 unspecified atom stereocenters. The molecule has 2 rings (SSSR count). The zero-order valence-electron chi connectivity index (χ0n) is 27.5. The summed E-state index contributed by atoms with van der Waals surface area (Å²) in [5, 5.41) is 13.3. The van der Waals surface area contributed by atoms with Crippen LogP contribution in [-0.4, -0.2) is 26.1 Å². The molecule has 0 aromatic heterocycles. The van der Waals surface area contributed by atoms with E-state index in [0.29, 0.717) is 13.0 Å². The molecule has 0 bridgehead atoms. The van der Waals surface area contributed by atoms with Gasteiger partial charge < -0.3 is 9.53 Å². The Balaban J connectivity index is 1.62. The Morgan fingerprint density at radius 2 is 1.07 bits per heavy atom. The maximum absolute atomic E-state index is 10.7. The molecule has 0 spiro atoms. The first-order valence-corrected chi connectivity index (χ1v) is 19.1. The van der Waals surface area contributed by atoms with Crippen LogP contribution in [0.3, 0.4) is 0 Å². The third-order valence-electron chi connectivity index (χ3n) is 8.41. The van der Waals surface area contributed by atoms with Gasteiger partial charge in [0.25, 0.3) is 8.32 Å². The van der Waals surface area contributed by atoms with Crippen molar-refractivity contribution in [2.45, 2.75) is 142 Å². The van der Waals surface area contributed by atoms with Gasteiger partial charge in [-0.25, -0.2) is 0 Å². The molecule has 2 aromatic carbocycles. The Morgan fingerprint density at radius 1 is 0.619 bits per heavy atom. The van der Waals surface area contributed by atoms with Gasteiger partial charge in [-0.3, -0.25) is 0 Å². The number of unbranched alkanes of at least 4 members (excludes halogenated alkanes) is 11. The van der Waals surface area contributed by atoms with Crippen LogP contribution < -0.4 is 10.4 Å². The van der Waals surface area contributed by atoms with E-state index in [1.54, 1.807) is 0 Å². The highest BCUT2D eigenvalue weighted by Gasteiger charge is 2.50. The van der Waals surface area contributed by atoms with Crippen LogP contribution in [0.25, 0.3) is 0 Å². The molecule has 1 atom stereocenters. The lowest BCUT2D eigenvalue weighted by Crippen LogP contribution is -2.66. The van der Waals surface area contributed by atoms with E-state index in [1.807, 2.05) is 0 Å². The third-order valence-corrected chi connectivity index (χ3v) is 13.5. The maximum Gasteiger partial charge on any atom is 0.261 e. The van der Waals surface area contributed by atoms with Gasteiger partial charge in [-0.1, -0.05) is 170 Å². The fraction of sp³-hybridized carbons (Fsp3) is 0.590. The van der Waals surface area contributed by atoms with Crippen molar-refractivity contribution in [1.29, 1.82) is 0 Å². The Hall–Kier alpha value is -1.94. The number of rotatable bonds is 23. The quantitative estimate of drug-likeness (QED) is 0.0792. The smallest absolute Gasteiger partial charge is 0.261 e. The molecule has 0 fully saturated rings. The lowest BCUT2D eigenvalue weighted by atomic mass is 10.1. The summed E-state index contributed by atoms with van der Waals surface area (Å²) in [6.07, 6.45) is 28.7. The van der Waals surface area contributed by atoms with Gasteiger partial charge in [0.1, 0.15) is 0 Å². The molecule has 3 heteroatoms. The summed E-state index contributed by atoms with van der Waals surface area (Å²) in [4.78, 5) is 0. The molecule has 0 saturated carbocycles. The van der Waals surface area contributed by atoms with Crippen LogP contribution in [0.1, 0.15) is 130 Å². The number of hydrogen-bond donors (Lipinski definition) is 1. The van der Waals surface area contributed by atoms with Crippen LogP contribution in [0, 0.1) is 0 Å². The van der Waals surface area contributed by atoms with Crippen molar-refractivity contribution in [3.05, 3.63) is 85.0 Å². The predicted molar refractivity (Wildman–Crippen MR) is 187 cm³/mol. The van der Waals surface area contributed by atoms with Gasteiger partial charge in [0.15, 0.2) is 0 Å². The van der Waals surface area contributed by atoms with Gasteiger partial charge in [-0.2, -0.15) is 0 Å². The van der Waals surface area contributed by atoms with Crippen LogP contribution >= 0.6 is 0 Å². The molecule has 1 N–H and O–H groups in total. The zero-order valence-corrected chi connectivity index (χ0v) is 28.5. The minimum Gasteiger partial charge on any atom is -0.407 e. The summed E-state index contributed by atoms with van der Waals surface area (Å²) in [5.74, 6) is 0. The van der Waals surface area contributed by atoms with Gasteiger partial charge in [-0.05, 0) is 60.4 Å². The minimum absolute atomic E-state index is 0.0366. The molecule has 42 heavy (non-hydrogen) atoms. The highest BCUT2D eigenvalue weighted by molar-refractivity contribution is 6.99. The summed E-state index contributed by atoms with van der Waals surface area (Å²) >= 11 is 0. The molecule has 0 aliphatic heterocycles. The number of benzene rings is 2. The first kappa shape index (κ1) is 36.2. The average Bonchev–Trinajstić information content (AvgIpc) is 2.99. The van der Waals surface area contributed by atoms with Crippen LogP contribution in [0.2, 0.25) is 5.04 Å². The summed E-state index contributed by atoms with van der Waals surface area (Å²) in [7, 11) is -2.53. The van der Waals surface area contributed by atoms with E-state index in [2.05, 4.69) is 113 Å². The van der Waals surface area contributed by atoms with Crippen LogP contribution in [0.15, 0.2) is 85.0 Å². The summed E-state index contributed by atoms with van der Waals surface area (Å²) < 4.78 is 6.93. The molecule has 0 saturated heterocycles. The largest absolute Gasteiger partial charge is 0.407 e. The molecule has 2 aromatic rings. The molecule has 234 valence electrons. The van der Waals surface area contributed by atoms with Crippen molar-refractivity contribution < 1.29 is 9.53 Å².